The maximum absolute atomic E-state index is 6.01. The molecule has 2 heterocycles. The standard InChI is InChI=1S/C9H5BrClIN2S/c1-4-7(12)8(11)14-9(13-4)5-2-3-6(10)15-5/h2-3H,1H3. The first-order valence-corrected chi connectivity index (χ1v) is 7.10. The Bertz CT molecular complexity index is 492. The van der Waals surface area contributed by atoms with E-state index in [4.69, 9.17) is 11.6 Å². The van der Waals surface area contributed by atoms with Crippen molar-refractivity contribution in [3.8, 4) is 10.7 Å². The van der Waals surface area contributed by atoms with E-state index in [2.05, 4.69) is 48.5 Å². The molecule has 0 atom stereocenters. The lowest BCUT2D eigenvalue weighted by Crippen LogP contribution is -1.95. The number of aryl methyl sites for hydroxylation is 1. The topological polar surface area (TPSA) is 25.8 Å². The van der Waals surface area contributed by atoms with Gasteiger partial charge >= 0.3 is 0 Å². The van der Waals surface area contributed by atoms with Gasteiger partial charge in [0.05, 0.1) is 17.9 Å². The summed E-state index contributed by atoms with van der Waals surface area (Å²) in [6, 6.07) is 3.96. The van der Waals surface area contributed by atoms with Crippen molar-refractivity contribution in [1.82, 2.24) is 9.97 Å². The van der Waals surface area contributed by atoms with Gasteiger partial charge in [0.1, 0.15) is 5.15 Å². The Labute approximate surface area is 118 Å². The van der Waals surface area contributed by atoms with Gasteiger partial charge in [-0.05, 0) is 57.6 Å². The molecular weight excluding hydrogens is 410 g/mol. The highest BCUT2D eigenvalue weighted by atomic mass is 127. The predicted molar refractivity (Wildman–Crippen MR) is 75.5 cm³/mol. The first kappa shape index (κ1) is 11.8. The summed E-state index contributed by atoms with van der Waals surface area (Å²) in [6.07, 6.45) is 0. The van der Waals surface area contributed by atoms with E-state index in [0.717, 1.165) is 17.9 Å². The number of thiophene rings is 1. The Morgan fingerprint density at radius 1 is 1.40 bits per heavy atom. The molecule has 0 unspecified atom stereocenters. The molecule has 2 aromatic rings. The lowest BCUT2D eigenvalue weighted by atomic mass is 10.4. The highest BCUT2D eigenvalue weighted by Gasteiger charge is 2.10. The minimum Gasteiger partial charge on any atom is -0.231 e. The van der Waals surface area contributed by atoms with Gasteiger partial charge in [-0.1, -0.05) is 11.6 Å². The summed E-state index contributed by atoms with van der Waals surface area (Å²) < 4.78 is 1.97. The molecule has 2 nitrogen and oxygen atoms in total. The summed E-state index contributed by atoms with van der Waals surface area (Å²) in [5.41, 5.74) is 0.912. The molecule has 0 aliphatic carbocycles. The second-order valence-electron chi connectivity index (χ2n) is 2.84. The van der Waals surface area contributed by atoms with E-state index in [0.29, 0.717) is 11.0 Å². The fraction of sp³-hybridized carbons (Fsp3) is 0.111. The molecule has 0 aliphatic heterocycles. The molecule has 0 radical (unpaired) electrons. The third-order valence-electron chi connectivity index (χ3n) is 1.77. The number of nitrogens with zero attached hydrogens (tertiary/aromatic N) is 2. The highest BCUT2D eigenvalue weighted by molar-refractivity contribution is 14.1. The number of rotatable bonds is 1. The molecule has 0 fully saturated rings. The molecule has 0 amide bonds. The second kappa shape index (κ2) is 4.65. The quantitative estimate of drug-likeness (QED) is 0.505. The van der Waals surface area contributed by atoms with Crippen molar-refractivity contribution < 1.29 is 0 Å². The van der Waals surface area contributed by atoms with Crippen LogP contribution in [0.25, 0.3) is 10.7 Å². The molecule has 0 bridgehead atoms. The summed E-state index contributed by atoms with van der Waals surface area (Å²) >= 11 is 13.2. The van der Waals surface area contributed by atoms with Crippen LogP contribution in [-0.2, 0) is 0 Å². The van der Waals surface area contributed by atoms with Crippen LogP contribution in [0.1, 0.15) is 5.69 Å². The molecule has 15 heavy (non-hydrogen) atoms. The number of hydrogen-bond acceptors (Lipinski definition) is 3. The molecule has 78 valence electrons. The molecule has 0 aromatic carbocycles. The van der Waals surface area contributed by atoms with Gasteiger partial charge in [0.2, 0.25) is 0 Å². The van der Waals surface area contributed by atoms with Gasteiger partial charge in [0.25, 0.3) is 0 Å². The number of aromatic nitrogens is 2. The first-order valence-electron chi connectivity index (χ1n) is 4.03. The molecule has 6 heteroatoms. The fourth-order valence-corrected chi connectivity index (χ4v) is 2.85. The van der Waals surface area contributed by atoms with Crippen molar-refractivity contribution in [2.45, 2.75) is 6.92 Å². The van der Waals surface area contributed by atoms with E-state index >= 15 is 0 Å². The van der Waals surface area contributed by atoms with Crippen molar-refractivity contribution in [3.05, 3.63) is 30.3 Å². The van der Waals surface area contributed by atoms with E-state index in [-0.39, 0.29) is 0 Å². The fourth-order valence-electron chi connectivity index (χ4n) is 1.07. The van der Waals surface area contributed by atoms with E-state index in [1.54, 1.807) is 11.3 Å². The molecule has 0 spiro atoms. The summed E-state index contributed by atoms with van der Waals surface area (Å²) in [6.45, 7) is 1.93. The van der Waals surface area contributed by atoms with Gasteiger partial charge in [-0.3, -0.25) is 0 Å². The van der Waals surface area contributed by atoms with Gasteiger partial charge in [0, 0.05) is 0 Å². The number of hydrogen-bond donors (Lipinski definition) is 0. The zero-order chi connectivity index (χ0) is 11.0. The smallest absolute Gasteiger partial charge is 0.171 e. The highest BCUT2D eigenvalue weighted by Crippen LogP contribution is 2.31. The number of halogens is 3. The third kappa shape index (κ3) is 2.51. The first-order chi connectivity index (χ1) is 7.08. The van der Waals surface area contributed by atoms with Crippen LogP contribution in [0.5, 0.6) is 0 Å². The van der Waals surface area contributed by atoms with Crippen LogP contribution in [0.15, 0.2) is 15.9 Å². The second-order valence-corrected chi connectivity index (χ2v) is 6.74. The zero-order valence-corrected chi connectivity index (χ0v) is 12.9. The molecule has 0 aliphatic rings. The van der Waals surface area contributed by atoms with Crippen LogP contribution in [0, 0.1) is 10.5 Å². The molecule has 2 aromatic heterocycles. The Balaban J connectivity index is 2.55. The van der Waals surface area contributed by atoms with Crippen LogP contribution in [0.2, 0.25) is 5.15 Å². The Hall–Kier alpha value is 0.280. The average Bonchev–Trinajstić information content (AvgIpc) is 2.60. The van der Waals surface area contributed by atoms with Crippen molar-refractivity contribution in [2.24, 2.45) is 0 Å². The van der Waals surface area contributed by atoms with Gasteiger partial charge in [-0.25, -0.2) is 9.97 Å². The maximum Gasteiger partial charge on any atom is 0.171 e. The molecule has 0 N–H and O–H groups in total. The largest absolute Gasteiger partial charge is 0.231 e. The van der Waals surface area contributed by atoms with Crippen LogP contribution in [-0.4, -0.2) is 9.97 Å². The van der Waals surface area contributed by atoms with Gasteiger partial charge in [-0.15, -0.1) is 11.3 Å². The van der Waals surface area contributed by atoms with Gasteiger partial charge < -0.3 is 0 Å². The lowest BCUT2D eigenvalue weighted by Gasteiger charge is -2.02. The van der Waals surface area contributed by atoms with E-state index in [1.807, 2.05) is 19.1 Å². The SMILES string of the molecule is Cc1nc(-c2ccc(Br)s2)nc(Cl)c1I. The van der Waals surface area contributed by atoms with E-state index in [9.17, 15) is 0 Å². The van der Waals surface area contributed by atoms with E-state index in [1.165, 1.54) is 0 Å². The molecule has 2 rings (SSSR count). The average molecular weight is 415 g/mol. The third-order valence-corrected chi connectivity index (χ3v) is 5.27. The Kier molecular flexibility index (Phi) is 3.64. The van der Waals surface area contributed by atoms with Crippen molar-refractivity contribution in [3.63, 3.8) is 0 Å². The van der Waals surface area contributed by atoms with Crippen molar-refractivity contribution in [1.29, 1.82) is 0 Å². The Morgan fingerprint density at radius 2 is 2.13 bits per heavy atom. The van der Waals surface area contributed by atoms with Crippen molar-refractivity contribution >= 4 is 61.5 Å². The summed E-state index contributed by atoms with van der Waals surface area (Å²) in [4.78, 5) is 9.67. The van der Waals surface area contributed by atoms with Gasteiger partial charge in [-0.2, -0.15) is 0 Å². The minimum absolute atomic E-state index is 0.516. The van der Waals surface area contributed by atoms with Crippen LogP contribution in [0.4, 0.5) is 0 Å². The molecule has 0 saturated heterocycles. The minimum atomic E-state index is 0.516. The zero-order valence-electron chi connectivity index (χ0n) is 7.59. The summed E-state index contributed by atoms with van der Waals surface area (Å²) in [5.74, 6) is 0.689. The lowest BCUT2D eigenvalue weighted by molar-refractivity contribution is 1.10. The maximum atomic E-state index is 6.01. The van der Waals surface area contributed by atoms with Crippen LogP contribution >= 0.6 is 61.5 Å². The van der Waals surface area contributed by atoms with Crippen LogP contribution in [0.3, 0.4) is 0 Å². The normalized spacial score (nSPS) is 10.7. The monoisotopic (exact) mass is 414 g/mol. The predicted octanol–water partition coefficient (Wildman–Crippen LogP) is 4.53. The summed E-state index contributed by atoms with van der Waals surface area (Å²) in [7, 11) is 0. The van der Waals surface area contributed by atoms with E-state index < -0.39 is 0 Å². The molecule has 0 saturated carbocycles. The molecular formula is C9H5BrClIN2S. The Morgan fingerprint density at radius 3 is 2.67 bits per heavy atom. The van der Waals surface area contributed by atoms with Crippen LogP contribution < -0.4 is 0 Å². The summed E-state index contributed by atoms with van der Waals surface area (Å²) in [5, 5.41) is 0.516. The van der Waals surface area contributed by atoms with Gasteiger partial charge in [0.15, 0.2) is 5.82 Å². The van der Waals surface area contributed by atoms with Crippen molar-refractivity contribution in [2.75, 3.05) is 0 Å².